The SMILES string of the molecule is CC[C@]1(C)Cc2c(sc3nc(SC)nc(NCC[NH+]4CCOCC4)c23)CO1. The number of thiophene rings is 1. The van der Waals surface area contributed by atoms with Gasteiger partial charge in [0.25, 0.3) is 0 Å². The van der Waals surface area contributed by atoms with Crippen molar-refractivity contribution in [1.82, 2.24) is 9.97 Å². The van der Waals surface area contributed by atoms with Crippen molar-refractivity contribution in [3.63, 3.8) is 0 Å². The van der Waals surface area contributed by atoms with Crippen LogP contribution in [0.5, 0.6) is 0 Å². The summed E-state index contributed by atoms with van der Waals surface area (Å²) in [4.78, 5) is 13.6. The molecule has 0 spiro atoms. The number of hydrogen-bond donors (Lipinski definition) is 2. The van der Waals surface area contributed by atoms with Crippen LogP contribution in [-0.2, 0) is 22.5 Å². The minimum absolute atomic E-state index is 0.0889. The Kier molecular flexibility index (Phi) is 5.89. The van der Waals surface area contributed by atoms with Gasteiger partial charge in [0.2, 0.25) is 0 Å². The summed E-state index contributed by atoms with van der Waals surface area (Å²) in [5, 5.41) is 5.68. The summed E-state index contributed by atoms with van der Waals surface area (Å²) in [6.07, 6.45) is 3.98. The van der Waals surface area contributed by atoms with E-state index in [1.165, 1.54) is 15.8 Å². The lowest BCUT2D eigenvalue weighted by Crippen LogP contribution is -3.14. The van der Waals surface area contributed by atoms with Gasteiger partial charge >= 0.3 is 0 Å². The fraction of sp³-hybridized carbons (Fsp3) is 0.684. The zero-order valence-electron chi connectivity index (χ0n) is 16.4. The third-order valence-electron chi connectivity index (χ3n) is 5.72. The standard InChI is InChI=1S/C19H28N4O2S2/c1-4-19(2)11-13-14(12-25-19)27-17-15(13)16(21-18(22-17)26-3)20-5-6-23-7-9-24-10-8-23/h4-12H2,1-3H3,(H,20,21,22)/p+1/t19-/m1/s1. The van der Waals surface area contributed by atoms with Crippen molar-refractivity contribution in [2.24, 2.45) is 0 Å². The van der Waals surface area contributed by atoms with Gasteiger partial charge in [-0.1, -0.05) is 18.7 Å². The maximum Gasteiger partial charge on any atom is 0.190 e. The van der Waals surface area contributed by atoms with Gasteiger partial charge in [0, 0.05) is 11.3 Å². The predicted molar refractivity (Wildman–Crippen MR) is 111 cm³/mol. The molecular formula is C19H29N4O2S2+. The van der Waals surface area contributed by atoms with Crippen molar-refractivity contribution in [2.75, 3.05) is 51.0 Å². The van der Waals surface area contributed by atoms with Gasteiger partial charge < -0.3 is 19.7 Å². The first-order valence-corrected chi connectivity index (χ1v) is 11.8. The van der Waals surface area contributed by atoms with E-state index in [9.17, 15) is 0 Å². The summed E-state index contributed by atoms with van der Waals surface area (Å²) in [5.41, 5.74) is 1.30. The van der Waals surface area contributed by atoms with E-state index in [0.717, 1.165) is 68.0 Å². The highest BCUT2D eigenvalue weighted by Gasteiger charge is 2.33. The lowest BCUT2D eigenvalue weighted by molar-refractivity contribution is -0.906. The number of aromatic nitrogens is 2. The van der Waals surface area contributed by atoms with Gasteiger partial charge in [0.15, 0.2) is 5.16 Å². The maximum absolute atomic E-state index is 6.15. The third-order valence-corrected chi connectivity index (χ3v) is 7.36. The van der Waals surface area contributed by atoms with Gasteiger partial charge in [0.05, 0.1) is 43.9 Å². The molecule has 27 heavy (non-hydrogen) atoms. The average Bonchev–Trinajstić information content (AvgIpc) is 3.06. The minimum Gasteiger partial charge on any atom is -0.370 e. The molecule has 1 saturated heterocycles. The van der Waals surface area contributed by atoms with Crippen LogP contribution in [0.4, 0.5) is 5.82 Å². The summed E-state index contributed by atoms with van der Waals surface area (Å²) in [5.74, 6) is 0.995. The van der Waals surface area contributed by atoms with E-state index in [0.29, 0.717) is 6.61 Å². The van der Waals surface area contributed by atoms with E-state index in [4.69, 9.17) is 19.4 Å². The third kappa shape index (κ3) is 4.10. The monoisotopic (exact) mass is 409 g/mol. The smallest absolute Gasteiger partial charge is 0.190 e. The summed E-state index contributed by atoms with van der Waals surface area (Å²) < 4.78 is 11.6. The molecule has 0 aliphatic carbocycles. The molecule has 1 atom stereocenters. The van der Waals surface area contributed by atoms with Gasteiger partial charge in [-0.25, -0.2) is 9.97 Å². The molecule has 2 aliphatic rings. The van der Waals surface area contributed by atoms with Crippen LogP contribution in [0.25, 0.3) is 10.2 Å². The molecule has 1 fully saturated rings. The summed E-state index contributed by atoms with van der Waals surface area (Å²) in [7, 11) is 0. The lowest BCUT2D eigenvalue weighted by Gasteiger charge is -2.33. The molecule has 0 saturated carbocycles. The Morgan fingerprint density at radius 3 is 2.85 bits per heavy atom. The van der Waals surface area contributed by atoms with Gasteiger partial charge in [-0.05, 0) is 25.2 Å². The molecule has 0 aromatic carbocycles. The first-order valence-electron chi connectivity index (χ1n) is 9.77. The van der Waals surface area contributed by atoms with Gasteiger partial charge in [-0.15, -0.1) is 11.3 Å². The maximum atomic E-state index is 6.15. The Hall–Kier alpha value is -0.930. The zero-order valence-corrected chi connectivity index (χ0v) is 18.0. The second kappa shape index (κ2) is 8.21. The molecule has 6 nitrogen and oxygen atoms in total. The van der Waals surface area contributed by atoms with E-state index in [2.05, 4.69) is 19.2 Å². The highest BCUT2D eigenvalue weighted by atomic mass is 32.2. The van der Waals surface area contributed by atoms with Crippen molar-refractivity contribution in [3.8, 4) is 0 Å². The molecule has 2 aromatic heterocycles. The summed E-state index contributed by atoms with van der Waals surface area (Å²) in [6.45, 7) is 11.0. The number of fused-ring (bicyclic) bond motifs is 3. The minimum atomic E-state index is -0.0889. The Bertz CT molecular complexity index is 807. The molecule has 2 aromatic rings. The number of hydrogen-bond acceptors (Lipinski definition) is 7. The summed E-state index contributed by atoms with van der Waals surface area (Å²) in [6, 6.07) is 0. The average molecular weight is 410 g/mol. The van der Waals surface area contributed by atoms with Crippen molar-refractivity contribution in [3.05, 3.63) is 10.4 Å². The molecule has 0 radical (unpaired) electrons. The first-order chi connectivity index (χ1) is 13.1. The fourth-order valence-electron chi connectivity index (χ4n) is 3.77. The highest BCUT2D eigenvalue weighted by Crippen LogP contribution is 2.42. The molecule has 4 rings (SSSR count). The number of nitrogens with zero attached hydrogens (tertiary/aromatic N) is 2. The van der Waals surface area contributed by atoms with E-state index in [1.807, 2.05) is 6.26 Å². The molecule has 2 N–H and O–H groups in total. The van der Waals surface area contributed by atoms with Crippen LogP contribution in [-0.4, -0.2) is 61.2 Å². The van der Waals surface area contributed by atoms with Crippen LogP contribution in [0.1, 0.15) is 30.7 Å². The predicted octanol–water partition coefficient (Wildman–Crippen LogP) is 1.98. The molecule has 0 unspecified atom stereocenters. The number of thioether (sulfide) groups is 1. The molecular weight excluding hydrogens is 380 g/mol. The Balaban J connectivity index is 1.61. The van der Waals surface area contributed by atoms with Gasteiger partial charge in [-0.3, -0.25) is 0 Å². The topological polar surface area (TPSA) is 60.7 Å². The van der Waals surface area contributed by atoms with E-state index in [1.54, 1.807) is 28.0 Å². The normalized spacial score (nSPS) is 23.5. The van der Waals surface area contributed by atoms with Crippen LogP contribution in [0.2, 0.25) is 0 Å². The number of ether oxygens (including phenoxy) is 2. The number of nitrogens with one attached hydrogen (secondary N) is 2. The van der Waals surface area contributed by atoms with Crippen molar-refractivity contribution < 1.29 is 14.4 Å². The molecule has 4 heterocycles. The number of quaternary nitrogens is 1. The van der Waals surface area contributed by atoms with Crippen molar-refractivity contribution in [2.45, 2.75) is 44.1 Å². The van der Waals surface area contributed by atoms with Gasteiger partial charge in [-0.2, -0.15) is 0 Å². The quantitative estimate of drug-likeness (QED) is 0.562. The van der Waals surface area contributed by atoms with E-state index < -0.39 is 0 Å². The lowest BCUT2D eigenvalue weighted by atomic mass is 9.90. The van der Waals surface area contributed by atoms with Crippen LogP contribution in [0.15, 0.2) is 5.16 Å². The van der Waals surface area contributed by atoms with Crippen LogP contribution >= 0.6 is 23.1 Å². The number of anilines is 1. The molecule has 148 valence electrons. The van der Waals surface area contributed by atoms with Crippen molar-refractivity contribution in [1.29, 1.82) is 0 Å². The van der Waals surface area contributed by atoms with Crippen LogP contribution in [0.3, 0.4) is 0 Å². The van der Waals surface area contributed by atoms with Gasteiger partial charge in [0.1, 0.15) is 23.7 Å². The molecule has 0 bridgehead atoms. The van der Waals surface area contributed by atoms with Crippen LogP contribution < -0.4 is 10.2 Å². The second-order valence-corrected chi connectivity index (χ2v) is 9.41. The summed E-state index contributed by atoms with van der Waals surface area (Å²) >= 11 is 3.37. The number of rotatable bonds is 6. The van der Waals surface area contributed by atoms with Crippen molar-refractivity contribution >= 4 is 39.1 Å². The molecule has 2 aliphatic heterocycles. The molecule has 0 amide bonds. The largest absolute Gasteiger partial charge is 0.370 e. The Morgan fingerprint density at radius 2 is 2.11 bits per heavy atom. The Morgan fingerprint density at radius 1 is 1.30 bits per heavy atom. The van der Waals surface area contributed by atoms with E-state index in [-0.39, 0.29) is 5.60 Å². The Labute approximate surface area is 169 Å². The molecule has 8 heteroatoms. The fourth-order valence-corrected chi connectivity index (χ4v) is 5.29. The van der Waals surface area contributed by atoms with Crippen LogP contribution in [0, 0.1) is 0 Å². The number of morpholine rings is 1. The second-order valence-electron chi connectivity index (χ2n) is 7.55. The zero-order chi connectivity index (χ0) is 18.9. The van der Waals surface area contributed by atoms with E-state index >= 15 is 0 Å². The first kappa shape index (κ1) is 19.4. The highest BCUT2D eigenvalue weighted by molar-refractivity contribution is 7.98.